The van der Waals surface area contributed by atoms with E-state index in [1.165, 1.54) is 5.56 Å². The Morgan fingerprint density at radius 3 is 2.50 bits per heavy atom. The van der Waals surface area contributed by atoms with Crippen LogP contribution in [0.1, 0.15) is 11.1 Å². The number of halogens is 1. The van der Waals surface area contributed by atoms with E-state index in [0.717, 1.165) is 17.0 Å². The predicted molar refractivity (Wildman–Crippen MR) is 88.7 cm³/mol. The van der Waals surface area contributed by atoms with Crippen molar-refractivity contribution in [2.75, 3.05) is 20.1 Å². The molecule has 116 valence electrons. The average Bonchev–Trinajstić information content (AvgIpc) is 2.55. The van der Waals surface area contributed by atoms with Crippen LogP contribution in [0.2, 0.25) is 5.02 Å². The summed E-state index contributed by atoms with van der Waals surface area (Å²) in [5.41, 5.74) is 2.29. The van der Waals surface area contributed by atoms with Crippen molar-refractivity contribution in [1.29, 1.82) is 0 Å². The molecule has 0 radical (unpaired) electrons. The quantitative estimate of drug-likeness (QED) is 0.853. The molecular weight excluding hydrogens is 298 g/mol. The molecule has 1 N–H and O–H groups in total. The SMILES string of the molecule is CN(CCc1ccncc1)C(=O)CNCc1ccc(Cl)cc1. The van der Waals surface area contributed by atoms with Crippen LogP contribution in [0, 0.1) is 0 Å². The van der Waals surface area contributed by atoms with Gasteiger partial charge in [0.25, 0.3) is 0 Å². The summed E-state index contributed by atoms with van der Waals surface area (Å²) in [6.45, 7) is 1.68. The van der Waals surface area contributed by atoms with Gasteiger partial charge >= 0.3 is 0 Å². The largest absolute Gasteiger partial charge is 0.344 e. The van der Waals surface area contributed by atoms with Gasteiger partial charge in [-0.1, -0.05) is 23.7 Å². The van der Waals surface area contributed by atoms with Gasteiger partial charge in [-0.2, -0.15) is 0 Å². The van der Waals surface area contributed by atoms with E-state index < -0.39 is 0 Å². The zero-order chi connectivity index (χ0) is 15.8. The summed E-state index contributed by atoms with van der Waals surface area (Å²) in [7, 11) is 1.83. The third kappa shape index (κ3) is 5.47. The first-order valence-electron chi connectivity index (χ1n) is 7.23. The molecule has 0 fully saturated rings. The second-order valence-corrected chi connectivity index (χ2v) is 5.59. The number of amides is 1. The zero-order valence-electron chi connectivity index (χ0n) is 12.6. The Labute approximate surface area is 136 Å². The maximum absolute atomic E-state index is 12.0. The highest BCUT2D eigenvalue weighted by Gasteiger charge is 2.08. The normalized spacial score (nSPS) is 10.5. The molecule has 0 spiro atoms. The molecular formula is C17H20ClN3O. The summed E-state index contributed by atoms with van der Waals surface area (Å²) < 4.78 is 0. The van der Waals surface area contributed by atoms with E-state index in [-0.39, 0.29) is 5.91 Å². The number of rotatable bonds is 7. The molecule has 0 aliphatic heterocycles. The van der Waals surface area contributed by atoms with Gasteiger partial charge in [0.05, 0.1) is 6.54 Å². The number of hydrogen-bond acceptors (Lipinski definition) is 3. The van der Waals surface area contributed by atoms with Crippen LogP contribution < -0.4 is 5.32 Å². The number of nitrogens with zero attached hydrogens (tertiary/aromatic N) is 2. The molecule has 0 unspecified atom stereocenters. The maximum Gasteiger partial charge on any atom is 0.236 e. The van der Waals surface area contributed by atoms with Crippen LogP contribution in [0.5, 0.6) is 0 Å². The number of benzene rings is 1. The van der Waals surface area contributed by atoms with Crippen LogP contribution in [0.25, 0.3) is 0 Å². The molecule has 0 aliphatic carbocycles. The van der Waals surface area contributed by atoms with E-state index >= 15 is 0 Å². The summed E-state index contributed by atoms with van der Waals surface area (Å²) in [4.78, 5) is 17.8. The number of pyridine rings is 1. The van der Waals surface area contributed by atoms with E-state index in [4.69, 9.17) is 11.6 Å². The van der Waals surface area contributed by atoms with Crippen molar-refractivity contribution in [3.63, 3.8) is 0 Å². The molecule has 0 saturated carbocycles. The van der Waals surface area contributed by atoms with E-state index in [9.17, 15) is 4.79 Å². The molecule has 5 heteroatoms. The van der Waals surface area contributed by atoms with Crippen molar-refractivity contribution in [3.05, 3.63) is 64.9 Å². The first-order valence-corrected chi connectivity index (χ1v) is 7.61. The molecule has 1 aromatic heterocycles. The number of nitrogens with one attached hydrogen (secondary N) is 1. The van der Waals surface area contributed by atoms with E-state index in [0.29, 0.717) is 19.6 Å². The first kappa shape index (κ1) is 16.5. The second kappa shape index (κ2) is 8.51. The van der Waals surface area contributed by atoms with Gasteiger partial charge in [-0.05, 0) is 41.8 Å². The van der Waals surface area contributed by atoms with Crippen molar-refractivity contribution < 1.29 is 4.79 Å². The molecule has 1 heterocycles. The minimum absolute atomic E-state index is 0.0861. The van der Waals surface area contributed by atoms with Crippen LogP contribution in [0.3, 0.4) is 0 Å². The molecule has 0 saturated heterocycles. The van der Waals surface area contributed by atoms with Gasteiger partial charge in [-0.25, -0.2) is 0 Å². The van der Waals surface area contributed by atoms with Gasteiger partial charge in [-0.3, -0.25) is 9.78 Å². The maximum atomic E-state index is 12.0. The number of aromatic nitrogens is 1. The summed E-state index contributed by atoms with van der Waals surface area (Å²) in [5.74, 6) is 0.0861. The van der Waals surface area contributed by atoms with Crippen molar-refractivity contribution in [2.24, 2.45) is 0 Å². The van der Waals surface area contributed by atoms with Crippen molar-refractivity contribution in [1.82, 2.24) is 15.2 Å². The highest BCUT2D eigenvalue weighted by atomic mass is 35.5. The number of hydrogen-bond donors (Lipinski definition) is 1. The van der Waals surface area contributed by atoms with Gasteiger partial charge in [0, 0.05) is 37.6 Å². The number of carbonyl (C=O) groups excluding carboxylic acids is 1. The molecule has 0 aliphatic rings. The standard InChI is InChI=1S/C17H20ClN3O/c1-21(11-8-14-6-9-19-10-7-14)17(22)13-20-12-15-2-4-16(18)5-3-15/h2-7,9-10,20H,8,11-13H2,1H3. The molecule has 22 heavy (non-hydrogen) atoms. The Hall–Kier alpha value is -1.91. The molecule has 4 nitrogen and oxygen atoms in total. The van der Waals surface area contributed by atoms with E-state index in [1.54, 1.807) is 17.3 Å². The first-order chi connectivity index (χ1) is 10.6. The Bertz CT molecular complexity index is 587. The fourth-order valence-corrected chi connectivity index (χ4v) is 2.15. The van der Waals surface area contributed by atoms with Gasteiger partial charge in [0.15, 0.2) is 0 Å². The van der Waals surface area contributed by atoms with Crippen molar-refractivity contribution in [3.8, 4) is 0 Å². The Balaban J connectivity index is 1.69. The highest BCUT2D eigenvalue weighted by Crippen LogP contribution is 2.09. The van der Waals surface area contributed by atoms with Crippen LogP contribution >= 0.6 is 11.6 Å². The van der Waals surface area contributed by atoms with Crippen LogP contribution in [0.15, 0.2) is 48.8 Å². The number of likely N-dealkylation sites (N-methyl/N-ethyl adjacent to an activating group) is 1. The monoisotopic (exact) mass is 317 g/mol. The Kier molecular flexibility index (Phi) is 6.37. The van der Waals surface area contributed by atoms with Gasteiger partial charge in [0.1, 0.15) is 0 Å². The second-order valence-electron chi connectivity index (χ2n) is 5.15. The van der Waals surface area contributed by atoms with Gasteiger partial charge in [-0.15, -0.1) is 0 Å². The van der Waals surface area contributed by atoms with Crippen LogP contribution in [0.4, 0.5) is 0 Å². The lowest BCUT2D eigenvalue weighted by Gasteiger charge is -2.17. The lowest BCUT2D eigenvalue weighted by molar-refractivity contribution is -0.128. The van der Waals surface area contributed by atoms with Crippen molar-refractivity contribution in [2.45, 2.75) is 13.0 Å². The summed E-state index contributed by atoms with van der Waals surface area (Å²) in [6, 6.07) is 11.5. The van der Waals surface area contributed by atoms with E-state index in [1.807, 2.05) is 43.4 Å². The van der Waals surface area contributed by atoms with Crippen LogP contribution in [-0.2, 0) is 17.8 Å². The molecule has 2 aromatic rings. The summed E-state index contributed by atoms with van der Waals surface area (Å²) in [5, 5.41) is 3.87. The minimum Gasteiger partial charge on any atom is -0.344 e. The summed E-state index contributed by atoms with van der Waals surface area (Å²) >= 11 is 5.84. The molecule has 0 bridgehead atoms. The third-order valence-corrected chi connectivity index (χ3v) is 3.68. The van der Waals surface area contributed by atoms with Crippen LogP contribution in [-0.4, -0.2) is 35.9 Å². The minimum atomic E-state index is 0.0861. The van der Waals surface area contributed by atoms with Gasteiger partial charge < -0.3 is 10.2 Å². The fraction of sp³-hybridized carbons (Fsp3) is 0.294. The molecule has 0 atom stereocenters. The lowest BCUT2D eigenvalue weighted by atomic mass is 10.2. The highest BCUT2D eigenvalue weighted by molar-refractivity contribution is 6.30. The predicted octanol–water partition coefficient (Wildman–Crippen LogP) is 2.53. The fourth-order valence-electron chi connectivity index (χ4n) is 2.02. The Morgan fingerprint density at radius 2 is 1.82 bits per heavy atom. The molecule has 1 aromatic carbocycles. The number of carbonyl (C=O) groups is 1. The lowest BCUT2D eigenvalue weighted by Crippen LogP contribution is -2.36. The molecule has 2 rings (SSSR count). The summed E-state index contributed by atoms with van der Waals surface area (Å²) in [6.07, 6.45) is 4.37. The zero-order valence-corrected chi connectivity index (χ0v) is 13.4. The third-order valence-electron chi connectivity index (χ3n) is 3.43. The Morgan fingerprint density at radius 1 is 1.14 bits per heavy atom. The molecule has 1 amide bonds. The smallest absolute Gasteiger partial charge is 0.236 e. The van der Waals surface area contributed by atoms with E-state index in [2.05, 4.69) is 10.3 Å². The van der Waals surface area contributed by atoms with Gasteiger partial charge in [0.2, 0.25) is 5.91 Å². The topological polar surface area (TPSA) is 45.2 Å². The average molecular weight is 318 g/mol. The van der Waals surface area contributed by atoms with Crippen molar-refractivity contribution >= 4 is 17.5 Å².